The first-order chi connectivity index (χ1) is 17.0. The van der Waals surface area contributed by atoms with Gasteiger partial charge in [-0.1, -0.05) is 28.1 Å². The number of halogens is 1. The summed E-state index contributed by atoms with van der Waals surface area (Å²) in [6.07, 6.45) is 0. The van der Waals surface area contributed by atoms with Crippen LogP contribution in [0.3, 0.4) is 0 Å². The van der Waals surface area contributed by atoms with E-state index in [1.807, 2.05) is 24.3 Å². The van der Waals surface area contributed by atoms with Crippen molar-refractivity contribution in [3.8, 4) is 57.2 Å². The summed E-state index contributed by atoms with van der Waals surface area (Å²) >= 11 is 3.45. The van der Waals surface area contributed by atoms with Gasteiger partial charge in [0, 0.05) is 22.2 Å². The fourth-order valence-electron chi connectivity index (χ4n) is 3.28. The summed E-state index contributed by atoms with van der Waals surface area (Å²) in [5.74, 6) is 1.26. The van der Waals surface area contributed by atoms with Crippen LogP contribution in [0.15, 0.2) is 65.1 Å². The van der Waals surface area contributed by atoms with Gasteiger partial charge in [-0.05, 0) is 36.4 Å². The van der Waals surface area contributed by atoms with Gasteiger partial charge in [-0.2, -0.15) is 0 Å². The van der Waals surface area contributed by atoms with E-state index in [0.29, 0.717) is 34.0 Å². The van der Waals surface area contributed by atoms with E-state index in [1.54, 1.807) is 24.3 Å². The number of aromatic hydroxyl groups is 2. The van der Waals surface area contributed by atoms with Crippen LogP contribution in [0.5, 0.6) is 23.0 Å². The van der Waals surface area contributed by atoms with Gasteiger partial charge in [-0.15, -0.1) is 0 Å². The minimum absolute atomic E-state index is 0.0962. The van der Waals surface area contributed by atoms with E-state index >= 15 is 0 Å². The lowest BCUT2D eigenvalue weighted by Gasteiger charge is -2.12. The van der Waals surface area contributed by atoms with Crippen molar-refractivity contribution in [2.24, 2.45) is 0 Å². The molecular formula is C25H22BrN3O6. The summed E-state index contributed by atoms with van der Waals surface area (Å²) in [7, 11) is 0. The minimum atomic E-state index is -0.150. The number of aromatic nitrogens is 3. The van der Waals surface area contributed by atoms with Gasteiger partial charge in [0.05, 0.1) is 24.3 Å². The number of rotatable bonds is 9. The van der Waals surface area contributed by atoms with Gasteiger partial charge in [-0.25, -0.2) is 15.0 Å². The van der Waals surface area contributed by atoms with Gasteiger partial charge < -0.3 is 29.9 Å². The van der Waals surface area contributed by atoms with Crippen LogP contribution < -0.4 is 9.47 Å². The maximum absolute atomic E-state index is 10.6. The zero-order valence-corrected chi connectivity index (χ0v) is 20.0. The Bertz CT molecular complexity index is 1260. The lowest BCUT2D eigenvalue weighted by atomic mass is 10.1. The van der Waals surface area contributed by atoms with Gasteiger partial charge in [0.2, 0.25) is 0 Å². The predicted molar refractivity (Wildman–Crippen MR) is 132 cm³/mol. The Morgan fingerprint density at radius 1 is 0.657 bits per heavy atom. The summed E-state index contributed by atoms with van der Waals surface area (Å²) in [5, 5.41) is 39.2. The van der Waals surface area contributed by atoms with Crippen molar-refractivity contribution in [3.63, 3.8) is 0 Å². The van der Waals surface area contributed by atoms with E-state index in [1.165, 1.54) is 12.1 Å². The lowest BCUT2D eigenvalue weighted by Crippen LogP contribution is -2.03. The topological polar surface area (TPSA) is 138 Å². The first-order valence-corrected chi connectivity index (χ1v) is 11.4. The molecule has 180 valence electrons. The number of ether oxygens (including phenoxy) is 2. The molecule has 9 nitrogen and oxygen atoms in total. The molecule has 0 aliphatic rings. The Morgan fingerprint density at radius 2 is 1.17 bits per heavy atom. The third-order valence-electron chi connectivity index (χ3n) is 4.86. The van der Waals surface area contributed by atoms with E-state index in [2.05, 4.69) is 30.9 Å². The molecule has 1 aromatic heterocycles. The molecule has 35 heavy (non-hydrogen) atoms. The zero-order valence-electron chi connectivity index (χ0n) is 18.4. The van der Waals surface area contributed by atoms with Crippen molar-refractivity contribution in [1.29, 1.82) is 0 Å². The van der Waals surface area contributed by atoms with Crippen LogP contribution in [-0.4, -0.2) is 61.8 Å². The molecule has 4 N–H and O–H groups in total. The van der Waals surface area contributed by atoms with E-state index in [4.69, 9.17) is 19.7 Å². The van der Waals surface area contributed by atoms with Crippen LogP contribution in [0.25, 0.3) is 34.2 Å². The van der Waals surface area contributed by atoms with E-state index in [-0.39, 0.29) is 49.6 Å². The SMILES string of the molecule is OCCOc1ccc(-c2nc(-c3cccc(Br)c3)nc(-c3ccc(OCCO)cc3O)n2)c(O)c1. The molecule has 0 atom stereocenters. The van der Waals surface area contributed by atoms with Gasteiger partial charge in [-0.3, -0.25) is 0 Å². The van der Waals surface area contributed by atoms with Crippen molar-refractivity contribution in [1.82, 2.24) is 15.0 Å². The Balaban J connectivity index is 1.82. The lowest BCUT2D eigenvalue weighted by molar-refractivity contribution is 0.201. The minimum Gasteiger partial charge on any atom is -0.507 e. The quantitative estimate of drug-likeness (QED) is 0.250. The molecule has 0 aliphatic heterocycles. The first kappa shape index (κ1) is 24.4. The molecule has 0 unspecified atom stereocenters. The highest BCUT2D eigenvalue weighted by Gasteiger charge is 2.17. The second-order valence-corrected chi connectivity index (χ2v) is 8.23. The summed E-state index contributed by atoms with van der Waals surface area (Å²) in [6.45, 7) is -0.108. The molecule has 0 fully saturated rings. The maximum atomic E-state index is 10.6. The van der Waals surface area contributed by atoms with Crippen LogP contribution in [-0.2, 0) is 0 Å². The monoisotopic (exact) mass is 539 g/mol. The molecule has 0 amide bonds. The Labute approximate surface area is 209 Å². The van der Waals surface area contributed by atoms with Crippen molar-refractivity contribution in [3.05, 3.63) is 65.1 Å². The fraction of sp³-hybridized carbons (Fsp3) is 0.160. The Morgan fingerprint density at radius 3 is 1.63 bits per heavy atom. The number of phenols is 2. The van der Waals surface area contributed by atoms with Crippen molar-refractivity contribution >= 4 is 15.9 Å². The number of hydrogen-bond acceptors (Lipinski definition) is 9. The third-order valence-corrected chi connectivity index (χ3v) is 5.35. The smallest absolute Gasteiger partial charge is 0.167 e. The van der Waals surface area contributed by atoms with Gasteiger partial charge in [0.25, 0.3) is 0 Å². The average molecular weight is 540 g/mol. The summed E-state index contributed by atoms with van der Waals surface area (Å²) < 4.78 is 11.5. The normalized spacial score (nSPS) is 10.8. The zero-order chi connectivity index (χ0) is 24.8. The van der Waals surface area contributed by atoms with Crippen molar-refractivity contribution in [2.45, 2.75) is 0 Å². The largest absolute Gasteiger partial charge is 0.507 e. The fourth-order valence-corrected chi connectivity index (χ4v) is 3.68. The molecule has 0 radical (unpaired) electrons. The molecule has 0 bridgehead atoms. The van der Waals surface area contributed by atoms with Crippen LogP contribution >= 0.6 is 15.9 Å². The molecule has 0 saturated heterocycles. The Hall–Kier alpha value is -3.73. The Kier molecular flexibility index (Phi) is 7.76. The number of benzene rings is 3. The van der Waals surface area contributed by atoms with Crippen LogP contribution in [0.4, 0.5) is 0 Å². The highest BCUT2D eigenvalue weighted by molar-refractivity contribution is 9.10. The third kappa shape index (κ3) is 5.86. The molecule has 3 aromatic carbocycles. The van der Waals surface area contributed by atoms with Gasteiger partial charge in [0.1, 0.15) is 36.2 Å². The number of hydrogen-bond donors (Lipinski definition) is 4. The standard InChI is InChI=1S/C25H22BrN3O6/c26-16-3-1-2-15(12-16)23-27-24(19-6-4-17(13-21(19)32)34-10-8-30)29-25(28-23)20-7-5-18(14-22(20)33)35-11-9-31/h1-7,12-14,30-33H,8-11H2. The van der Waals surface area contributed by atoms with E-state index < -0.39 is 0 Å². The number of aliphatic hydroxyl groups excluding tert-OH is 2. The van der Waals surface area contributed by atoms with Gasteiger partial charge in [0.15, 0.2) is 17.5 Å². The summed E-state index contributed by atoms with van der Waals surface area (Å²) in [4.78, 5) is 13.6. The molecule has 0 spiro atoms. The molecule has 0 aliphatic carbocycles. The summed E-state index contributed by atoms with van der Waals surface area (Å²) in [6, 6.07) is 16.7. The molecule has 1 heterocycles. The second kappa shape index (κ2) is 11.1. The highest BCUT2D eigenvalue weighted by atomic mass is 79.9. The maximum Gasteiger partial charge on any atom is 0.167 e. The molecular weight excluding hydrogens is 518 g/mol. The first-order valence-electron chi connectivity index (χ1n) is 10.6. The molecule has 10 heteroatoms. The predicted octanol–water partition coefficient (Wildman–Crippen LogP) is 3.79. The second-order valence-electron chi connectivity index (χ2n) is 7.32. The van der Waals surface area contributed by atoms with Crippen LogP contribution in [0.1, 0.15) is 0 Å². The van der Waals surface area contributed by atoms with Crippen LogP contribution in [0, 0.1) is 0 Å². The van der Waals surface area contributed by atoms with Crippen molar-refractivity contribution in [2.75, 3.05) is 26.4 Å². The molecule has 0 saturated carbocycles. The van der Waals surface area contributed by atoms with E-state index in [0.717, 1.165) is 4.47 Å². The molecule has 4 rings (SSSR count). The number of phenolic OH excluding ortho intramolecular Hbond substituents is 2. The molecule has 4 aromatic rings. The van der Waals surface area contributed by atoms with Gasteiger partial charge >= 0.3 is 0 Å². The highest BCUT2D eigenvalue weighted by Crippen LogP contribution is 2.35. The summed E-state index contributed by atoms with van der Waals surface area (Å²) in [5.41, 5.74) is 1.38. The van der Waals surface area contributed by atoms with Crippen LogP contribution in [0.2, 0.25) is 0 Å². The average Bonchev–Trinajstić information content (AvgIpc) is 2.86. The number of aliphatic hydroxyl groups is 2. The van der Waals surface area contributed by atoms with E-state index in [9.17, 15) is 10.2 Å². The number of nitrogens with zero attached hydrogens (tertiary/aromatic N) is 3. The van der Waals surface area contributed by atoms with Crippen molar-refractivity contribution < 1.29 is 29.9 Å².